The van der Waals surface area contributed by atoms with Crippen LogP contribution in [0.2, 0.25) is 0 Å². The number of benzene rings is 2. The molecule has 10 heteroatoms. The molecule has 26 heavy (non-hydrogen) atoms. The van der Waals surface area contributed by atoms with Crippen LogP contribution in [0.1, 0.15) is 18.5 Å². The van der Waals surface area contributed by atoms with E-state index in [-0.39, 0.29) is 16.7 Å². The van der Waals surface area contributed by atoms with Gasteiger partial charge in [-0.2, -0.15) is 8.78 Å². The second-order valence-corrected chi connectivity index (χ2v) is 7.31. The zero-order valence-electron chi connectivity index (χ0n) is 13.6. The first kappa shape index (κ1) is 20.0. The van der Waals surface area contributed by atoms with Gasteiger partial charge in [-0.15, -0.1) is 0 Å². The molecule has 2 aromatic carbocycles. The normalized spacial score (nSPS) is 12.5. The molecule has 0 unspecified atom stereocenters. The van der Waals surface area contributed by atoms with E-state index in [2.05, 4.69) is 15.4 Å². The maximum absolute atomic E-state index is 12.1. The summed E-state index contributed by atoms with van der Waals surface area (Å²) in [5.41, 5.74) is 1.41. The summed E-state index contributed by atoms with van der Waals surface area (Å²) in [5.74, 6) is 0.0488. The molecule has 0 saturated carbocycles. The second-order valence-electron chi connectivity index (χ2n) is 5.34. The van der Waals surface area contributed by atoms with Crippen LogP contribution in [-0.2, 0) is 10.0 Å². The molecule has 0 aliphatic rings. The Hall–Kier alpha value is -2.30. The van der Waals surface area contributed by atoms with Crippen molar-refractivity contribution in [2.75, 3.05) is 5.32 Å². The highest BCUT2D eigenvalue weighted by molar-refractivity contribution is 7.89. The first-order valence-electron chi connectivity index (χ1n) is 7.40. The summed E-state index contributed by atoms with van der Waals surface area (Å²) in [6.45, 7) is -1.03. The molecule has 2 rings (SSSR count). The molecule has 6 nitrogen and oxygen atoms in total. The summed E-state index contributed by atoms with van der Waals surface area (Å²) in [6.07, 6.45) is 0. The topological polar surface area (TPSA) is 93.4 Å². The first-order chi connectivity index (χ1) is 12.1. The SMILES string of the molecule is C[C@H](NC(=S)Nc1ccc(OC(F)F)cc1)c1ccc(S(N)(=O)=O)cc1. The Morgan fingerprint density at radius 3 is 2.19 bits per heavy atom. The van der Waals surface area contributed by atoms with Gasteiger partial charge in [0.1, 0.15) is 5.75 Å². The Bertz CT molecular complexity index is 857. The van der Waals surface area contributed by atoms with E-state index < -0.39 is 16.6 Å². The van der Waals surface area contributed by atoms with Crippen molar-refractivity contribution in [1.29, 1.82) is 0 Å². The largest absolute Gasteiger partial charge is 0.435 e. The lowest BCUT2D eigenvalue weighted by Gasteiger charge is -2.18. The maximum atomic E-state index is 12.1. The van der Waals surface area contributed by atoms with Gasteiger partial charge in [-0.3, -0.25) is 0 Å². The number of primary sulfonamides is 1. The number of nitrogens with two attached hydrogens (primary N) is 1. The highest BCUT2D eigenvalue weighted by atomic mass is 32.2. The lowest BCUT2D eigenvalue weighted by molar-refractivity contribution is -0.0498. The Balaban J connectivity index is 1.94. The van der Waals surface area contributed by atoms with E-state index in [1.807, 2.05) is 6.92 Å². The van der Waals surface area contributed by atoms with Crippen molar-refractivity contribution >= 4 is 33.0 Å². The molecule has 0 radical (unpaired) electrons. The molecule has 0 aliphatic heterocycles. The maximum Gasteiger partial charge on any atom is 0.387 e. The molecule has 4 N–H and O–H groups in total. The summed E-state index contributed by atoms with van der Waals surface area (Å²) in [7, 11) is -3.74. The van der Waals surface area contributed by atoms with Crippen LogP contribution in [-0.4, -0.2) is 20.1 Å². The van der Waals surface area contributed by atoms with Gasteiger partial charge in [-0.25, -0.2) is 13.6 Å². The predicted octanol–water partition coefficient (Wildman–Crippen LogP) is 2.98. The van der Waals surface area contributed by atoms with Gasteiger partial charge in [0.25, 0.3) is 0 Å². The molecule has 0 aromatic heterocycles. The van der Waals surface area contributed by atoms with Crippen LogP contribution in [0.25, 0.3) is 0 Å². The zero-order chi connectivity index (χ0) is 19.3. The number of alkyl halides is 2. The predicted molar refractivity (Wildman–Crippen MR) is 98.7 cm³/mol. The molecular formula is C16H17F2N3O3S2. The average molecular weight is 401 g/mol. The Morgan fingerprint density at radius 2 is 1.69 bits per heavy atom. The number of nitrogens with one attached hydrogen (secondary N) is 2. The number of halogens is 2. The Kier molecular flexibility index (Phi) is 6.46. The van der Waals surface area contributed by atoms with Gasteiger partial charge in [0, 0.05) is 5.69 Å². The molecule has 2 aromatic rings. The minimum atomic E-state index is -3.74. The second kappa shape index (κ2) is 8.39. The Labute approximate surface area is 155 Å². The van der Waals surface area contributed by atoms with Crippen LogP contribution >= 0.6 is 12.2 Å². The van der Waals surface area contributed by atoms with Crippen LogP contribution < -0.4 is 20.5 Å². The fourth-order valence-corrected chi connectivity index (χ4v) is 2.92. The summed E-state index contributed by atoms with van der Waals surface area (Å²) in [6, 6.07) is 11.8. The molecule has 0 amide bonds. The minimum absolute atomic E-state index is 0.0280. The molecule has 0 spiro atoms. The van der Waals surface area contributed by atoms with E-state index >= 15 is 0 Å². The first-order valence-corrected chi connectivity index (χ1v) is 9.36. The third kappa shape index (κ3) is 5.90. The molecule has 0 aliphatic carbocycles. The zero-order valence-corrected chi connectivity index (χ0v) is 15.3. The monoisotopic (exact) mass is 401 g/mol. The fraction of sp³-hybridized carbons (Fsp3) is 0.188. The van der Waals surface area contributed by atoms with E-state index in [0.29, 0.717) is 10.8 Å². The third-order valence-electron chi connectivity index (χ3n) is 3.39. The van der Waals surface area contributed by atoms with Crippen LogP contribution in [0.15, 0.2) is 53.4 Å². The summed E-state index contributed by atoms with van der Waals surface area (Å²) in [4.78, 5) is 0.0280. The smallest absolute Gasteiger partial charge is 0.387 e. The molecule has 0 bridgehead atoms. The number of hydrogen-bond donors (Lipinski definition) is 3. The van der Waals surface area contributed by atoms with Gasteiger partial charge in [-0.1, -0.05) is 12.1 Å². The van der Waals surface area contributed by atoms with Crippen LogP contribution in [0.3, 0.4) is 0 Å². The molecule has 140 valence electrons. The number of anilines is 1. The number of sulfonamides is 1. The van der Waals surface area contributed by atoms with E-state index in [4.69, 9.17) is 17.4 Å². The highest BCUT2D eigenvalue weighted by Gasteiger charge is 2.11. The summed E-state index contributed by atoms with van der Waals surface area (Å²) < 4.78 is 51.0. The van der Waals surface area contributed by atoms with Crippen molar-refractivity contribution in [3.63, 3.8) is 0 Å². The van der Waals surface area contributed by atoms with Gasteiger partial charge < -0.3 is 15.4 Å². The lowest BCUT2D eigenvalue weighted by atomic mass is 10.1. The highest BCUT2D eigenvalue weighted by Crippen LogP contribution is 2.19. The Morgan fingerprint density at radius 1 is 1.12 bits per heavy atom. The summed E-state index contributed by atoms with van der Waals surface area (Å²) in [5, 5.41) is 11.3. The molecule has 0 saturated heterocycles. The van der Waals surface area contributed by atoms with Crippen molar-refractivity contribution in [3.8, 4) is 5.75 Å². The van der Waals surface area contributed by atoms with E-state index in [9.17, 15) is 17.2 Å². The van der Waals surface area contributed by atoms with Crippen molar-refractivity contribution in [2.45, 2.75) is 24.5 Å². The van der Waals surface area contributed by atoms with E-state index in [0.717, 1.165) is 5.56 Å². The number of thiocarbonyl (C=S) groups is 1. The van der Waals surface area contributed by atoms with Gasteiger partial charge >= 0.3 is 6.61 Å². The van der Waals surface area contributed by atoms with Gasteiger partial charge in [-0.05, 0) is 61.1 Å². The van der Waals surface area contributed by atoms with E-state index in [1.54, 1.807) is 24.3 Å². The van der Waals surface area contributed by atoms with Crippen LogP contribution in [0, 0.1) is 0 Å². The molecular weight excluding hydrogens is 384 g/mol. The average Bonchev–Trinajstić information content (AvgIpc) is 2.55. The number of hydrogen-bond acceptors (Lipinski definition) is 4. The lowest BCUT2D eigenvalue weighted by Crippen LogP contribution is -2.30. The fourth-order valence-electron chi connectivity index (χ4n) is 2.11. The summed E-state index contributed by atoms with van der Waals surface area (Å²) >= 11 is 5.21. The molecule has 1 atom stereocenters. The van der Waals surface area contributed by atoms with Gasteiger partial charge in [0.2, 0.25) is 10.0 Å². The van der Waals surface area contributed by atoms with Crippen molar-refractivity contribution in [3.05, 3.63) is 54.1 Å². The van der Waals surface area contributed by atoms with Gasteiger partial charge in [0.15, 0.2) is 5.11 Å². The van der Waals surface area contributed by atoms with Gasteiger partial charge in [0.05, 0.1) is 10.9 Å². The van der Waals surface area contributed by atoms with Crippen LogP contribution in [0.4, 0.5) is 14.5 Å². The standard InChI is InChI=1S/C16H17F2N3O3S2/c1-10(11-2-8-14(9-3-11)26(19,22)23)20-16(25)21-12-4-6-13(7-5-12)24-15(17)18/h2-10,15H,1H3,(H2,19,22,23)(H2,20,21,25)/t10-/m0/s1. The van der Waals surface area contributed by atoms with E-state index in [1.165, 1.54) is 24.3 Å². The van der Waals surface area contributed by atoms with Crippen molar-refractivity contribution in [2.24, 2.45) is 5.14 Å². The van der Waals surface area contributed by atoms with Crippen molar-refractivity contribution in [1.82, 2.24) is 5.32 Å². The molecule has 0 heterocycles. The third-order valence-corrected chi connectivity index (χ3v) is 4.54. The number of rotatable bonds is 6. The van der Waals surface area contributed by atoms with Crippen LogP contribution in [0.5, 0.6) is 5.75 Å². The minimum Gasteiger partial charge on any atom is -0.435 e. The number of ether oxygens (including phenoxy) is 1. The molecule has 0 fully saturated rings. The quantitative estimate of drug-likeness (QED) is 0.645. The van der Waals surface area contributed by atoms with Crippen molar-refractivity contribution < 1.29 is 21.9 Å².